The summed E-state index contributed by atoms with van der Waals surface area (Å²) in [5, 5.41) is 4.08. The lowest BCUT2D eigenvalue weighted by atomic mass is 9.72. The van der Waals surface area contributed by atoms with Crippen molar-refractivity contribution in [1.82, 2.24) is 5.32 Å². The van der Waals surface area contributed by atoms with E-state index in [1.165, 1.54) is 38.5 Å². The lowest BCUT2D eigenvalue weighted by Crippen LogP contribution is -2.49. The third kappa shape index (κ3) is 4.21. The van der Waals surface area contributed by atoms with Gasteiger partial charge in [0, 0.05) is 12.1 Å². The second-order valence-corrected chi connectivity index (χ2v) is 8.21. The third-order valence-electron chi connectivity index (χ3n) is 5.65. The van der Waals surface area contributed by atoms with Crippen LogP contribution in [0.25, 0.3) is 0 Å². The van der Waals surface area contributed by atoms with Gasteiger partial charge in [0.1, 0.15) is 0 Å². The van der Waals surface area contributed by atoms with E-state index in [9.17, 15) is 0 Å². The lowest BCUT2D eigenvalue weighted by Gasteiger charge is -2.42. The molecule has 1 heteroatoms. The zero-order valence-corrected chi connectivity index (χ0v) is 13.8. The fraction of sp³-hybridized carbons (Fsp3) is 1.00. The van der Waals surface area contributed by atoms with Crippen molar-refractivity contribution in [2.24, 2.45) is 29.6 Å². The Morgan fingerprint density at radius 1 is 0.789 bits per heavy atom. The Bertz CT molecular complexity index is 263. The number of hydrogen-bond donors (Lipinski definition) is 1. The van der Waals surface area contributed by atoms with Gasteiger partial charge in [-0.05, 0) is 61.7 Å². The summed E-state index contributed by atoms with van der Waals surface area (Å²) >= 11 is 0. The van der Waals surface area contributed by atoms with E-state index < -0.39 is 0 Å². The van der Waals surface area contributed by atoms with E-state index in [0.29, 0.717) is 0 Å². The minimum absolute atomic E-state index is 0.784. The Morgan fingerprint density at radius 3 is 2.00 bits per heavy atom. The molecule has 19 heavy (non-hydrogen) atoms. The van der Waals surface area contributed by atoms with Gasteiger partial charge < -0.3 is 5.32 Å². The first kappa shape index (κ1) is 15.4. The summed E-state index contributed by atoms with van der Waals surface area (Å²) in [6.07, 6.45) is 8.53. The van der Waals surface area contributed by atoms with E-state index in [-0.39, 0.29) is 0 Å². The zero-order chi connectivity index (χ0) is 14.0. The number of hydrogen-bond acceptors (Lipinski definition) is 1. The molecule has 0 bridgehead atoms. The minimum Gasteiger partial charge on any atom is -0.311 e. The van der Waals surface area contributed by atoms with Crippen LogP contribution in [0.5, 0.6) is 0 Å². The molecule has 1 nitrogen and oxygen atoms in total. The molecule has 0 heterocycles. The maximum atomic E-state index is 4.08. The highest BCUT2D eigenvalue weighted by Gasteiger charge is 2.33. The molecule has 0 saturated heterocycles. The molecule has 2 aliphatic carbocycles. The van der Waals surface area contributed by atoms with Crippen LogP contribution in [0.15, 0.2) is 0 Å². The first-order valence-corrected chi connectivity index (χ1v) is 8.71. The molecule has 5 unspecified atom stereocenters. The quantitative estimate of drug-likeness (QED) is 0.768. The molecule has 0 aromatic heterocycles. The fourth-order valence-corrected chi connectivity index (χ4v) is 4.78. The van der Waals surface area contributed by atoms with E-state index in [4.69, 9.17) is 0 Å². The largest absolute Gasteiger partial charge is 0.311 e. The van der Waals surface area contributed by atoms with Crippen LogP contribution in [0.1, 0.15) is 73.1 Å². The van der Waals surface area contributed by atoms with Gasteiger partial charge in [0.2, 0.25) is 0 Å². The van der Waals surface area contributed by atoms with Gasteiger partial charge >= 0.3 is 0 Å². The first-order valence-electron chi connectivity index (χ1n) is 8.71. The molecule has 2 fully saturated rings. The molecule has 0 aliphatic heterocycles. The average Bonchev–Trinajstić information content (AvgIpc) is 2.26. The van der Waals surface area contributed by atoms with E-state index >= 15 is 0 Å². The molecule has 0 amide bonds. The van der Waals surface area contributed by atoms with Crippen LogP contribution in [-0.4, -0.2) is 12.1 Å². The van der Waals surface area contributed by atoms with Crippen molar-refractivity contribution in [1.29, 1.82) is 0 Å². The van der Waals surface area contributed by atoms with Gasteiger partial charge in [-0.3, -0.25) is 0 Å². The van der Waals surface area contributed by atoms with E-state index in [1.54, 1.807) is 0 Å². The van der Waals surface area contributed by atoms with Crippen molar-refractivity contribution in [3.05, 3.63) is 0 Å². The van der Waals surface area contributed by atoms with Crippen LogP contribution >= 0.6 is 0 Å². The van der Waals surface area contributed by atoms with Gasteiger partial charge in [-0.2, -0.15) is 0 Å². The molecule has 2 rings (SSSR count). The van der Waals surface area contributed by atoms with Gasteiger partial charge in [-0.25, -0.2) is 0 Å². The van der Waals surface area contributed by atoms with Crippen molar-refractivity contribution in [2.75, 3.05) is 0 Å². The molecule has 0 radical (unpaired) electrons. The molecular weight excluding hydrogens is 230 g/mol. The molecule has 2 aliphatic rings. The van der Waals surface area contributed by atoms with Gasteiger partial charge in [0.15, 0.2) is 0 Å². The predicted octanol–water partition coefficient (Wildman–Crippen LogP) is 4.86. The maximum absolute atomic E-state index is 4.08. The summed E-state index contributed by atoms with van der Waals surface area (Å²) in [7, 11) is 0. The highest BCUT2D eigenvalue weighted by Crippen LogP contribution is 2.35. The summed E-state index contributed by atoms with van der Waals surface area (Å²) in [6.45, 7) is 12.2. The lowest BCUT2D eigenvalue weighted by molar-refractivity contribution is 0.134. The monoisotopic (exact) mass is 265 g/mol. The van der Waals surface area contributed by atoms with Gasteiger partial charge in [0.25, 0.3) is 0 Å². The summed E-state index contributed by atoms with van der Waals surface area (Å²) in [5.41, 5.74) is 0. The molecule has 1 N–H and O–H groups in total. The Morgan fingerprint density at radius 2 is 1.42 bits per heavy atom. The average molecular weight is 265 g/mol. The molecule has 112 valence electrons. The Hall–Kier alpha value is -0.0400. The van der Waals surface area contributed by atoms with Crippen molar-refractivity contribution < 1.29 is 0 Å². The first-order chi connectivity index (χ1) is 8.95. The zero-order valence-electron chi connectivity index (χ0n) is 13.8. The number of rotatable bonds is 3. The summed E-state index contributed by atoms with van der Waals surface area (Å²) in [5.74, 6) is 4.50. The summed E-state index contributed by atoms with van der Waals surface area (Å²) in [6, 6.07) is 1.57. The Labute approximate surface area is 120 Å². The van der Waals surface area contributed by atoms with Gasteiger partial charge in [0.05, 0.1) is 0 Å². The van der Waals surface area contributed by atoms with Crippen molar-refractivity contribution in [2.45, 2.75) is 85.2 Å². The standard InChI is InChI=1S/C18H35N/c1-12(2)17-7-6-13(3)11-18(17)19-16-9-14(4)8-15(5)10-16/h12-19H,6-11H2,1-5H3. The van der Waals surface area contributed by atoms with Crippen molar-refractivity contribution in [3.8, 4) is 0 Å². The minimum atomic E-state index is 0.784. The molecule has 0 spiro atoms. The molecular formula is C18H35N. The molecule has 2 saturated carbocycles. The predicted molar refractivity (Wildman–Crippen MR) is 84.2 cm³/mol. The van der Waals surface area contributed by atoms with Crippen LogP contribution in [-0.2, 0) is 0 Å². The molecule has 5 atom stereocenters. The molecule has 0 aromatic rings. The Balaban J connectivity index is 1.94. The van der Waals surface area contributed by atoms with E-state index in [0.717, 1.165) is 41.7 Å². The van der Waals surface area contributed by atoms with Crippen molar-refractivity contribution >= 4 is 0 Å². The second-order valence-electron chi connectivity index (χ2n) is 8.21. The fourth-order valence-electron chi connectivity index (χ4n) is 4.78. The van der Waals surface area contributed by atoms with E-state index in [1.807, 2.05) is 0 Å². The van der Waals surface area contributed by atoms with Crippen LogP contribution in [0.3, 0.4) is 0 Å². The van der Waals surface area contributed by atoms with Crippen LogP contribution < -0.4 is 5.32 Å². The highest BCUT2D eigenvalue weighted by molar-refractivity contribution is 4.89. The molecule has 0 aromatic carbocycles. The maximum Gasteiger partial charge on any atom is 0.0103 e. The van der Waals surface area contributed by atoms with Crippen LogP contribution in [0.2, 0.25) is 0 Å². The summed E-state index contributed by atoms with van der Waals surface area (Å²) < 4.78 is 0. The Kier molecular flexibility index (Phi) is 5.34. The number of nitrogens with one attached hydrogen (secondary N) is 1. The highest BCUT2D eigenvalue weighted by atomic mass is 15.0. The van der Waals surface area contributed by atoms with Crippen LogP contribution in [0, 0.1) is 29.6 Å². The normalized spacial score (nSPS) is 44.5. The SMILES string of the molecule is CC1CC(C)CC(NC2CC(C)CCC2C(C)C)C1. The third-order valence-corrected chi connectivity index (χ3v) is 5.65. The van der Waals surface area contributed by atoms with Gasteiger partial charge in [-0.15, -0.1) is 0 Å². The van der Waals surface area contributed by atoms with Gasteiger partial charge in [-0.1, -0.05) is 41.0 Å². The topological polar surface area (TPSA) is 12.0 Å². The van der Waals surface area contributed by atoms with Crippen molar-refractivity contribution in [3.63, 3.8) is 0 Å². The summed E-state index contributed by atoms with van der Waals surface area (Å²) in [4.78, 5) is 0. The van der Waals surface area contributed by atoms with E-state index in [2.05, 4.69) is 39.9 Å². The smallest absolute Gasteiger partial charge is 0.0103 e. The second kappa shape index (κ2) is 6.61. The van der Waals surface area contributed by atoms with Crippen LogP contribution in [0.4, 0.5) is 0 Å².